The van der Waals surface area contributed by atoms with Crippen molar-refractivity contribution in [2.75, 3.05) is 11.9 Å². The predicted octanol–water partition coefficient (Wildman–Crippen LogP) is 6.14. The highest BCUT2D eigenvalue weighted by molar-refractivity contribution is 5.94. The summed E-state index contributed by atoms with van der Waals surface area (Å²) in [5.74, 6) is 0.578. The largest absolute Gasteiger partial charge is 0.441 e. The van der Waals surface area contributed by atoms with Gasteiger partial charge in [0.05, 0.1) is 12.6 Å². The summed E-state index contributed by atoms with van der Waals surface area (Å²) in [7, 11) is 0. The molecule has 4 rings (SSSR count). The number of anilines is 1. The van der Waals surface area contributed by atoms with Crippen molar-refractivity contribution in [2.45, 2.75) is 69.8 Å². The smallest absolute Gasteiger partial charge is 0.421 e. The number of para-hydroxylation sites is 1. The first-order chi connectivity index (χ1) is 16.6. The topological polar surface area (TPSA) is 72.0 Å². The molecule has 35 heavy (non-hydrogen) atoms. The second kappa shape index (κ2) is 9.89. The average Bonchev–Trinajstić information content (AvgIpc) is 2.75. The van der Waals surface area contributed by atoms with Crippen LogP contribution in [0.15, 0.2) is 53.5 Å². The molecule has 9 heteroatoms. The molecule has 2 aromatic rings. The third kappa shape index (κ3) is 5.29. The molecule has 2 aliphatic rings. The molecule has 1 fully saturated rings. The number of hydrogen-bond donors (Lipinski definition) is 2. The van der Waals surface area contributed by atoms with E-state index in [9.17, 15) is 18.0 Å². The van der Waals surface area contributed by atoms with Crippen molar-refractivity contribution in [3.05, 3.63) is 59.7 Å². The summed E-state index contributed by atoms with van der Waals surface area (Å²) in [6, 6.07) is 12.4. The minimum absolute atomic E-state index is 0.0221. The van der Waals surface area contributed by atoms with Crippen molar-refractivity contribution in [1.82, 2.24) is 5.32 Å². The molecule has 3 atom stereocenters. The summed E-state index contributed by atoms with van der Waals surface area (Å²) in [5, 5.41) is 5.65. The Morgan fingerprint density at radius 3 is 2.43 bits per heavy atom. The second-order valence-electron chi connectivity index (χ2n) is 9.34. The molecule has 3 unspecified atom stereocenters. The zero-order valence-corrected chi connectivity index (χ0v) is 20.0. The lowest BCUT2D eigenvalue weighted by Gasteiger charge is -2.43. The molecular formula is C26H30F3N3O3. The van der Waals surface area contributed by atoms with Gasteiger partial charge in [-0.25, -0.2) is 4.79 Å². The van der Waals surface area contributed by atoms with Crippen LogP contribution in [0.2, 0.25) is 0 Å². The van der Waals surface area contributed by atoms with Crippen molar-refractivity contribution >= 4 is 17.6 Å². The molecule has 2 aromatic carbocycles. The fourth-order valence-electron chi connectivity index (χ4n) is 4.31. The zero-order valence-electron chi connectivity index (χ0n) is 20.0. The molecule has 2 heterocycles. The maximum absolute atomic E-state index is 13.9. The Morgan fingerprint density at radius 1 is 1.14 bits per heavy atom. The highest BCUT2D eigenvalue weighted by Gasteiger charge is 2.62. The number of carbonyl (C=O) groups is 1. The Labute approximate surface area is 202 Å². The van der Waals surface area contributed by atoms with Gasteiger partial charge in [0.15, 0.2) is 5.60 Å². The van der Waals surface area contributed by atoms with Crippen LogP contribution in [0.5, 0.6) is 5.75 Å². The van der Waals surface area contributed by atoms with Crippen molar-refractivity contribution < 1.29 is 27.4 Å². The number of hydrogen-bond acceptors (Lipinski definition) is 4. The number of benzene rings is 2. The van der Waals surface area contributed by atoms with E-state index in [1.165, 1.54) is 18.2 Å². The highest BCUT2D eigenvalue weighted by Crippen LogP contribution is 2.52. The van der Waals surface area contributed by atoms with Crippen LogP contribution in [-0.4, -0.2) is 36.8 Å². The van der Waals surface area contributed by atoms with Crippen molar-refractivity contribution in [1.29, 1.82) is 0 Å². The lowest BCUT2D eigenvalue weighted by molar-refractivity contribution is -0.333. The summed E-state index contributed by atoms with van der Waals surface area (Å²) >= 11 is 0. The van der Waals surface area contributed by atoms with E-state index >= 15 is 0 Å². The average molecular weight is 490 g/mol. The normalized spacial score (nSPS) is 24.4. The number of carbonyl (C=O) groups excluding carboxylic acids is 1. The van der Waals surface area contributed by atoms with E-state index in [2.05, 4.69) is 29.5 Å². The number of nitrogens with zero attached hydrogens (tertiary/aromatic N) is 1. The van der Waals surface area contributed by atoms with E-state index in [1.807, 2.05) is 31.2 Å². The third-order valence-corrected chi connectivity index (χ3v) is 6.46. The van der Waals surface area contributed by atoms with Gasteiger partial charge in [-0.15, -0.1) is 0 Å². The lowest BCUT2D eigenvalue weighted by atomic mass is 9.85. The first-order valence-electron chi connectivity index (χ1n) is 11.8. The number of aliphatic imine (C=N–C) groups is 1. The van der Waals surface area contributed by atoms with Crippen LogP contribution in [0, 0.1) is 0 Å². The van der Waals surface area contributed by atoms with Crippen LogP contribution in [-0.2, 0) is 10.3 Å². The molecule has 0 bridgehead atoms. The minimum atomic E-state index is -4.59. The first-order valence-corrected chi connectivity index (χ1v) is 11.8. The van der Waals surface area contributed by atoms with E-state index in [-0.39, 0.29) is 36.3 Å². The van der Waals surface area contributed by atoms with Crippen molar-refractivity contribution in [3.8, 4) is 5.75 Å². The molecule has 0 aliphatic carbocycles. The quantitative estimate of drug-likeness (QED) is 0.530. The van der Waals surface area contributed by atoms with Gasteiger partial charge in [-0.1, -0.05) is 44.2 Å². The number of rotatable bonds is 5. The molecule has 0 radical (unpaired) electrons. The van der Waals surface area contributed by atoms with Gasteiger partial charge in [0.25, 0.3) is 0 Å². The molecule has 0 spiro atoms. The Morgan fingerprint density at radius 2 is 1.83 bits per heavy atom. The first kappa shape index (κ1) is 25.0. The van der Waals surface area contributed by atoms with Crippen LogP contribution in [0.3, 0.4) is 0 Å². The van der Waals surface area contributed by atoms with Crippen molar-refractivity contribution in [3.63, 3.8) is 0 Å². The summed E-state index contributed by atoms with van der Waals surface area (Å²) in [6.07, 6.45) is -3.52. The monoisotopic (exact) mass is 489 g/mol. The van der Waals surface area contributed by atoms with Gasteiger partial charge < -0.3 is 20.1 Å². The van der Waals surface area contributed by atoms with Gasteiger partial charge >= 0.3 is 12.2 Å². The summed E-state index contributed by atoms with van der Waals surface area (Å²) in [6.45, 7) is 6.10. The number of urea groups is 1. The van der Waals surface area contributed by atoms with Gasteiger partial charge in [-0.2, -0.15) is 13.2 Å². The number of alkyl halides is 3. The zero-order chi connectivity index (χ0) is 25.2. The maximum Gasteiger partial charge on any atom is 0.421 e. The Bertz CT molecular complexity index is 1080. The van der Waals surface area contributed by atoms with E-state index in [0.717, 1.165) is 5.56 Å². The minimum Gasteiger partial charge on any atom is -0.441 e. The van der Waals surface area contributed by atoms with E-state index < -0.39 is 23.9 Å². The molecule has 0 aromatic heterocycles. The maximum atomic E-state index is 13.9. The van der Waals surface area contributed by atoms with Crippen LogP contribution < -0.4 is 15.4 Å². The Hall–Kier alpha value is -3.07. The van der Waals surface area contributed by atoms with Crippen LogP contribution in [0.1, 0.15) is 57.1 Å². The van der Waals surface area contributed by atoms with Crippen LogP contribution in [0.4, 0.5) is 23.7 Å². The molecule has 2 aliphatic heterocycles. The van der Waals surface area contributed by atoms with E-state index in [4.69, 9.17) is 9.47 Å². The lowest BCUT2D eigenvalue weighted by Crippen LogP contribution is -2.53. The van der Waals surface area contributed by atoms with Crippen LogP contribution in [0.25, 0.3) is 0 Å². The molecule has 188 valence electrons. The Kier molecular flexibility index (Phi) is 7.07. The standard InChI is InChI=1S/C26H30F3N3O3/c1-16(2)18-9-11-19(12-10-18)31-24(33)32-21-13-8-17(3)30-23(21)35-22-7-5-4-6-20(22)25(14-15-34-25)26(27,28)29/h4-7,9-12,16-17,21H,8,13-15H2,1-3H3,(H2,31,32,33). The summed E-state index contributed by atoms with van der Waals surface area (Å²) in [5.41, 5.74) is -0.693. The second-order valence-corrected chi connectivity index (χ2v) is 9.34. The van der Waals surface area contributed by atoms with Crippen molar-refractivity contribution in [2.24, 2.45) is 4.99 Å². The fraction of sp³-hybridized carbons (Fsp3) is 0.462. The van der Waals surface area contributed by atoms with Gasteiger partial charge in [-0.3, -0.25) is 4.99 Å². The molecular weight excluding hydrogens is 459 g/mol. The van der Waals surface area contributed by atoms with E-state index in [1.54, 1.807) is 6.07 Å². The van der Waals surface area contributed by atoms with E-state index in [0.29, 0.717) is 24.4 Å². The molecule has 2 N–H and O–H groups in total. The number of nitrogens with one attached hydrogen (secondary N) is 2. The molecule has 0 saturated carbocycles. The van der Waals surface area contributed by atoms with Gasteiger partial charge in [0.1, 0.15) is 11.8 Å². The number of halogens is 3. The highest BCUT2D eigenvalue weighted by atomic mass is 19.4. The number of amides is 2. The SMILES string of the molecule is CC1CCC(NC(=O)Nc2ccc(C(C)C)cc2)C(Oc2ccccc2C2(C(F)(F)F)CCO2)=N1. The molecule has 1 saturated heterocycles. The number of ether oxygens (including phenoxy) is 2. The predicted molar refractivity (Wildman–Crippen MR) is 128 cm³/mol. The Balaban J connectivity index is 1.51. The molecule has 2 amide bonds. The fourth-order valence-corrected chi connectivity index (χ4v) is 4.31. The van der Waals surface area contributed by atoms with Gasteiger partial charge in [-0.05, 0) is 49.4 Å². The van der Waals surface area contributed by atoms with Gasteiger partial charge in [0.2, 0.25) is 5.90 Å². The van der Waals surface area contributed by atoms with Crippen LogP contribution >= 0.6 is 0 Å². The molecule has 6 nitrogen and oxygen atoms in total. The van der Waals surface area contributed by atoms with Gasteiger partial charge in [0, 0.05) is 17.7 Å². The summed E-state index contributed by atoms with van der Waals surface area (Å²) in [4.78, 5) is 17.2. The third-order valence-electron chi connectivity index (χ3n) is 6.46. The summed E-state index contributed by atoms with van der Waals surface area (Å²) < 4.78 is 52.8.